The molecule has 0 heterocycles. The highest BCUT2D eigenvalue weighted by Crippen LogP contribution is 2.16. The Morgan fingerprint density at radius 3 is 2.11 bits per heavy atom. The highest BCUT2D eigenvalue weighted by Gasteiger charge is 2.29. The average molecular weight is 284 g/mol. The van der Waals surface area contributed by atoms with Gasteiger partial charge in [0.1, 0.15) is 15.6 Å². The maximum Gasteiger partial charge on any atom is 0.144 e. The summed E-state index contributed by atoms with van der Waals surface area (Å²) in [5, 5.41) is 30.4. The summed E-state index contributed by atoms with van der Waals surface area (Å²) in [5.74, 6) is 0.213. The van der Waals surface area contributed by atoms with Crippen LogP contribution < -0.4 is 5.32 Å². The van der Waals surface area contributed by atoms with Gasteiger partial charge in [-0.1, -0.05) is 13.8 Å². The Labute approximate surface area is 108 Å². The van der Waals surface area contributed by atoms with E-state index in [1.165, 1.54) is 0 Å². The van der Waals surface area contributed by atoms with Gasteiger partial charge < -0.3 is 25.2 Å². The van der Waals surface area contributed by atoms with E-state index >= 15 is 0 Å². The minimum atomic E-state index is -4.72. The zero-order valence-corrected chi connectivity index (χ0v) is 11.5. The molecular weight excluding hydrogens is 262 g/mol. The Morgan fingerprint density at radius 2 is 1.78 bits per heavy atom. The van der Waals surface area contributed by atoms with E-state index in [0.29, 0.717) is 6.42 Å². The summed E-state index contributed by atoms with van der Waals surface area (Å²) >= 11 is 0. The largest absolute Gasteiger partial charge is 0.746 e. The lowest BCUT2D eigenvalue weighted by Gasteiger charge is -2.33. The fraction of sp³-hybridized carbons (Fsp3) is 1.00. The van der Waals surface area contributed by atoms with Gasteiger partial charge in [-0.2, -0.15) is 0 Å². The first kappa shape index (κ1) is 17.8. The second-order valence-corrected chi connectivity index (χ2v) is 6.39. The first-order valence-electron chi connectivity index (χ1n) is 5.76. The van der Waals surface area contributed by atoms with Gasteiger partial charge in [-0.15, -0.1) is 0 Å². The molecule has 0 saturated carbocycles. The van der Waals surface area contributed by atoms with Gasteiger partial charge >= 0.3 is 0 Å². The molecule has 0 aliphatic carbocycles. The molecule has 0 aliphatic heterocycles. The standard InChI is InChI=1S/C10H23NO6S/c1-8(2)5-10(6-12,7-13)11-4-3-9(14)18(15,16)17/h8-9,11-14H,3-7H2,1-2H3,(H,15,16,17)/p-1. The molecule has 0 aromatic heterocycles. The predicted octanol–water partition coefficient (Wildman–Crippen LogP) is -1.40. The molecule has 8 heteroatoms. The van der Waals surface area contributed by atoms with Crippen molar-refractivity contribution in [2.45, 2.75) is 37.7 Å². The topological polar surface area (TPSA) is 130 Å². The van der Waals surface area contributed by atoms with E-state index in [2.05, 4.69) is 5.32 Å². The summed E-state index contributed by atoms with van der Waals surface area (Å²) in [4.78, 5) is 0. The fourth-order valence-electron chi connectivity index (χ4n) is 1.75. The second-order valence-electron chi connectivity index (χ2n) is 4.86. The van der Waals surface area contributed by atoms with Crippen molar-refractivity contribution < 1.29 is 28.3 Å². The fourth-order valence-corrected chi connectivity index (χ4v) is 2.16. The Hall–Kier alpha value is -0.250. The van der Waals surface area contributed by atoms with E-state index in [0.717, 1.165) is 0 Å². The first-order chi connectivity index (χ1) is 8.17. The maximum absolute atomic E-state index is 10.5. The Bertz CT molecular complexity index is 325. The number of rotatable bonds is 9. The molecule has 1 unspecified atom stereocenters. The summed E-state index contributed by atoms with van der Waals surface area (Å²) in [6, 6.07) is 0. The molecule has 1 atom stereocenters. The van der Waals surface area contributed by atoms with Crippen LogP contribution >= 0.6 is 0 Å². The third kappa shape index (κ3) is 6.07. The minimum Gasteiger partial charge on any atom is -0.746 e. The molecule has 0 fully saturated rings. The molecule has 0 bridgehead atoms. The molecule has 0 radical (unpaired) electrons. The highest BCUT2D eigenvalue weighted by atomic mass is 32.2. The van der Waals surface area contributed by atoms with E-state index in [1.54, 1.807) is 0 Å². The van der Waals surface area contributed by atoms with Crippen molar-refractivity contribution in [1.29, 1.82) is 0 Å². The average Bonchev–Trinajstić information content (AvgIpc) is 2.25. The lowest BCUT2D eigenvalue weighted by atomic mass is 9.90. The van der Waals surface area contributed by atoms with Gasteiger partial charge in [0.2, 0.25) is 0 Å². The van der Waals surface area contributed by atoms with Crippen LogP contribution in [0, 0.1) is 5.92 Å². The van der Waals surface area contributed by atoms with Crippen LogP contribution in [0.1, 0.15) is 26.7 Å². The van der Waals surface area contributed by atoms with Crippen LogP contribution in [0.2, 0.25) is 0 Å². The molecule has 0 spiro atoms. The van der Waals surface area contributed by atoms with Gasteiger partial charge in [-0.25, -0.2) is 8.42 Å². The number of aliphatic hydroxyl groups excluding tert-OH is 3. The number of hydrogen-bond acceptors (Lipinski definition) is 7. The summed E-state index contributed by atoms with van der Waals surface area (Å²) < 4.78 is 31.4. The molecule has 0 amide bonds. The smallest absolute Gasteiger partial charge is 0.144 e. The highest BCUT2D eigenvalue weighted by molar-refractivity contribution is 7.86. The van der Waals surface area contributed by atoms with Gasteiger partial charge in [-0.05, 0) is 25.3 Å². The van der Waals surface area contributed by atoms with Crippen LogP contribution in [0.5, 0.6) is 0 Å². The molecule has 4 N–H and O–H groups in total. The molecule has 0 aromatic carbocycles. The van der Waals surface area contributed by atoms with Crippen molar-refractivity contribution >= 4 is 10.1 Å². The minimum absolute atomic E-state index is 0.0104. The lowest BCUT2D eigenvalue weighted by molar-refractivity contribution is 0.0719. The zero-order valence-electron chi connectivity index (χ0n) is 10.7. The Balaban J connectivity index is 4.37. The predicted molar refractivity (Wildman–Crippen MR) is 64.7 cm³/mol. The number of hydrogen-bond donors (Lipinski definition) is 4. The first-order valence-corrected chi connectivity index (χ1v) is 7.23. The molecule has 7 nitrogen and oxygen atoms in total. The third-order valence-corrected chi connectivity index (χ3v) is 3.53. The van der Waals surface area contributed by atoms with Crippen molar-refractivity contribution in [1.82, 2.24) is 5.32 Å². The van der Waals surface area contributed by atoms with E-state index in [9.17, 15) is 23.2 Å². The Kier molecular flexibility index (Phi) is 7.26. The normalized spacial score (nSPS) is 15.1. The summed E-state index contributed by atoms with van der Waals surface area (Å²) in [6.07, 6.45) is 0.200. The van der Waals surface area contributed by atoms with E-state index < -0.39 is 21.1 Å². The van der Waals surface area contributed by atoms with Crippen LogP contribution in [0.3, 0.4) is 0 Å². The Morgan fingerprint density at radius 1 is 1.28 bits per heavy atom. The van der Waals surface area contributed by atoms with E-state index in [4.69, 9.17) is 5.11 Å². The zero-order chi connectivity index (χ0) is 14.4. The van der Waals surface area contributed by atoms with Crippen LogP contribution in [-0.2, 0) is 10.1 Å². The van der Waals surface area contributed by atoms with Crippen LogP contribution in [-0.4, -0.2) is 59.0 Å². The molecular formula is C10H22NO6S-. The third-order valence-electron chi connectivity index (χ3n) is 2.63. The van der Waals surface area contributed by atoms with E-state index in [1.807, 2.05) is 13.8 Å². The van der Waals surface area contributed by atoms with E-state index in [-0.39, 0.29) is 32.1 Å². The molecule has 0 aromatic rings. The van der Waals surface area contributed by atoms with Crippen LogP contribution in [0.4, 0.5) is 0 Å². The summed E-state index contributed by atoms with van der Waals surface area (Å²) in [7, 11) is -4.72. The van der Waals surface area contributed by atoms with Crippen molar-refractivity contribution in [2.24, 2.45) is 5.92 Å². The van der Waals surface area contributed by atoms with Crippen molar-refractivity contribution in [3.05, 3.63) is 0 Å². The van der Waals surface area contributed by atoms with Gasteiger partial charge in [0.25, 0.3) is 0 Å². The van der Waals surface area contributed by atoms with Gasteiger partial charge in [0.05, 0.1) is 18.8 Å². The SMILES string of the molecule is CC(C)CC(CO)(CO)NCCC(O)S(=O)(=O)[O-]. The van der Waals surface area contributed by atoms with Crippen molar-refractivity contribution in [3.8, 4) is 0 Å². The number of aliphatic hydroxyl groups is 3. The molecule has 18 heavy (non-hydrogen) atoms. The molecule has 0 rings (SSSR count). The second kappa shape index (κ2) is 7.37. The summed E-state index contributed by atoms with van der Waals surface area (Å²) in [5.41, 5.74) is -2.90. The maximum atomic E-state index is 10.5. The molecule has 0 aliphatic rings. The monoisotopic (exact) mass is 284 g/mol. The van der Waals surface area contributed by atoms with Crippen molar-refractivity contribution in [2.75, 3.05) is 19.8 Å². The van der Waals surface area contributed by atoms with Gasteiger partial charge in [-0.3, -0.25) is 0 Å². The van der Waals surface area contributed by atoms with Crippen LogP contribution in [0.25, 0.3) is 0 Å². The van der Waals surface area contributed by atoms with Gasteiger partial charge in [0.15, 0.2) is 0 Å². The lowest BCUT2D eigenvalue weighted by Crippen LogP contribution is -2.53. The van der Waals surface area contributed by atoms with Gasteiger partial charge in [0, 0.05) is 0 Å². The summed E-state index contributed by atoms with van der Waals surface area (Å²) in [6.45, 7) is 3.21. The van der Waals surface area contributed by atoms with Crippen LogP contribution in [0.15, 0.2) is 0 Å². The quantitative estimate of drug-likeness (QED) is 0.383. The molecule has 0 saturated heterocycles. The molecule has 110 valence electrons. The van der Waals surface area contributed by atoms with Crippen molar-refractivity contribution in [3.63, 3.8) is 0 Å². The number of nitrogens with one attached hydrogen (secondary N) is 1.